The summed E-state index contributed by atoms with van der Waals surface area (Å²) in [6.45, 7) is 0. The van der Waals surface area contributed by atoms with Crippen LogP contribution in [0.2, 0.25) is 0 Å². The summed E-state index contributed by atoms with van der Waals surface area (Å²) in [4.78, 5) is 0. The topological polar surface area (TPSA) is 18.5 Å². The zero-order valence-electron chi connectivity index (χ0n) is 5.29. The van der Waals surface area contributed by atoms with Gasteiger partial charge in [-0.1, -0.05) is 0 Å². The molecule has 10 heavy (non-hydrogen) atoms. The molecule has 3 atom stereocenters. The Morgan fingerprint density at radius 3 is 3.00 bits per heavy atom. The summed E-state index contributed by atoms with van der Waals surface area (Å²) in [6, 6.07) is -0.943. The molecule has 0 bridgehead atoms. The van der Waals surface area contributed by atoms with Gasteiger partial charge < -0.3 is 9.47 Å². The largest absolute Gasteiger partial charge is 0.349 e. The molecule has 0 saturated heterocycles. The van der Waals surface area contributed by atoms with Crippen LogP contribution in [-0.4, -0.2) is 26.5 Å². The second-order valence-corrected chi connectivity index (χ2v) is 2.14. The molecule has 2 nitrogen and oxygen atoms in total. The van der Waals surface area contributed by atoms with Gasteiger partial charge in [-0.05, 0) is 0 Å². The Labute approximate surface area is 62.4 Å². The third-order valence-electron chi connectivity index (χ3n) is 1.11. The van der Waals surface area contributed by atoms with Crippen LogP contribution in [0.5, 0.6) is 0 Å². The van der Waals surface area contributed by atoms with E-state index in [0.717, 1.165) is 0 Å². The lowest BCUT2D eigenvalue weighted by Gasteiger charge is -2.09. The molecule has 0 aromatic carbocycles. The first kappa shape index (κ1) is 8.18. The molecule has 2 radical (unpaired) electrons. The molecule has 0 aromatic heterocycles. The minimum Gasteiger partial charge on any atom is -0.349 e. The van der Waals surface area contributed by atoms with Crippen molar-refractivity contribution in [1.82, 2.24) is 0 Å². The van der Waals surface area contributed by atoms with E-state index in [1.807, 2.05) is 0 Å². The highest BCUT2D eigenvalue weighted by atomic mass is 31.0. The number of rotatable bonds is 2. The van der Waals surface area contributed by atoms with Crippen molar-refractivity contribution < 1.29 is 13.9 Å². The highest BCUT2D eigenvalue weighted by Crippen LogP contribution is 2.19. The van der Waals surface area contributed by atoms with Gasteiger partial charge in [0.05, 0.1) is 12.4 Å². The van der Waals surface area contributed by atoms with Gasteiger partial charge in [0.1, 0.15) is 13.7 Å². The summed E-state index contributed by atoms with van der Waals surface area (Å²) >= 11 is 0. The fourth-order valence-electron chi connectivity index (χ4n) is 0.656. The number of ether oxygens (including phenoxy) is 2. The third-order valence-corrected chi connectivity index (χ3v) is 1.30. The Morgan fingerprint density at radius 1 is 1.90 bits per heavy atom. The Bertz CT molecular complexity index is 153. The maximum atomic E-state index is 12.4. The molecule has 54 valence electrons. The molecule has 1 heterocycles. The smallest absolute Gasteiger partial charge is 0.179 e. The zero-order chi connectivity index (χ0) is 7.56. The molecule has 0 aliphatic carbocycles. The second kappa shape index (κ2) is 3.47. The predicted molar refractivity (Wildman–Crippen MR) is 39.3 cm³/mol. The Balaban J connectivity index is 2.40. The lowest BCUT2D eigenvalue weighted by molar-refractivity contribution is -0.0870. The van der Waals surface area contributed by atoms with E-state index in [4.69, 9.17) is 17.3 Å². The first-order valence-corrected chi connectivity index (χ1v) is 3.65. The average Bonchev–Trinajstić information content (AvgIpc) is 2.14. The summed E-state index contributed by atoms with van der Waals surface area (Å²) in [5.74, 6) is -0.469. The summed E-state index contributed by atoms with van der Waals surface area (Å²) < 4.78 is 22.1. The fraction of sp³-hybridized carbons (Fsp3) is 0.600. The van der Waals surface area contributed by atoms with Crippen molar-refractivity contribution in [3.8, 4) is 0 Å². The van der Waals surface area contributed by atoms with Gasteiger partial charge in [-0.25, -0.2) is 4.39 Å². The molecule has 0 spiro atoms. The van der Waals surface area contributed by atoms with E-state index >= 15 is 0 Å². The van der Waals surface area contributed by atoms with Crippen molar-refractivity contribution in [3.05, 3.63) is 11.9 Å². The summed E-state index contributed by atoms with van der Waals surface area (Å²) in [6.07, 6.45) is 1.00. The van der Waals surface area contributed by atoms with Crippen LogP contribution in [-0.2, 0) is 9.47 Å². The molecule has 1 rings (SSSR count). The van der Waals surface area contributed by atoms with E-state index in [1.54, 1.807) is 0 Å². The SMILES string of the molecule is [B][C@@H]1O[C@H](OCP)C=C1F. The number of hydrogen-bond acceptors (Lipinski definition) is 2. The van der Waals surface area contributed by atoms with Crippen LogP contribution in [0.3, 0.4) is 0 Å². The molecular formula is C5H7BFO2P. The second-order valence-electron chi connectivity index (χ2n) is 1.81. The van der Waals surface area contributed by atoms with Gasteiger partial charge in [-0.15, -0.1) is 9.24 Å². The Hall–Kier alpha value is 0.0849. The predicted octanol–water partition coefficient (Wildman–Crippen LogP) is 0.540. The van der Waals surface area contributed by atoms with Crippen molar-refractivity contribution in [3.63, 3.8) is 0 Å². The lowest BCUT2D eigenvalue weighted by Crippen LogP contribution is -2.15. The zero-order valence-corrected chi connectivity index (χ0v) is 6.44. The van der Waals surface area contributed by atoms with Crippen molar-refractivity contribution in [2.75, 3.05) is 6.35 Å². The van der Waals surface area contributed by atoms with Gasteiger partial charge in [-0.3, -0.25) is 0 Å². The first-order valence-electron chi connectivity index (χ1n) is 2.84. The highest BCUT2D eigenvalue weighted by molar-refractivity contribution is 7.16. The molecule has 0 saturated carbocycles. The van der Waals surface area contributed by atoms with Crippen LogP contribution in [0, 0.1) is 0 Å². The van der Waals surface area contributed by atoms with Crippen LogP contribution >= 0.6 is 9.24 Å². The van der Waals surface area contributed by atoms with Crippen molar-refractivity contribution in [2.24, 2.45) is 0 Å². The Morgan fingerprint density at radius 2 is 2.60 bits per heavy atom. The third kappa shape index (κ3) is 1.78. The monoisotopic (exact) mass is 160 g/mol. The molecule has 5 heteroatoms. The summed E-state index contributed by atoms with van der Waals surface area (Å²) in [7, 11) is 7.48. The first-order chi connectivity index (χ1) is 4.74. The van der Waals surface area contributed by atoms with E-state index in [-0.39, 0.29) is 0 Å². The standard InChI is InChI=1S/C5H7BFO2P/c6-5-3(7)1-4(9-5)8-2-10/h1,4-5H,2,10H2/t4-,5+/m0/s1. The highest BCUT2D eigenvalue weighted by Gasteiger charge is 2.22. The molecule has 1 unspecified atom stereocenters. The van der Waals surface area contributed by atoms with Crippen LogP contribution in [0.15, 0.2) is 11.9 Å². The minimum absolute atomic E-state index is 0.404. The fourth-order valence-corrected chi connectivity index (χ4v) is 0.846. The van der Waals surface area contributed by atoms with Crippen LogP contribution < -0.4 is 0 Å². The van der Waals surface area contributed by atoms with Gasteiger partial charge in [0, 0.05) is 6.08 Å². The van der Waals surface area contributed by atoms with Gasteiger partial charge in [0.15, 0.2) is 6.29 Å². The summed E-state index contributed by atoms with van der Waals surface area (Å²) in [5.41, 5.74) is 0. The van der Waals surface area contributed by atoms with Crippen LogP contribution in [0.25, 0.3) is 0 Å². The van der Waals surface area contributed by atoms with Crippen LogP contribution in [0.1, 0.15) is 0 Å². The Kier molecular flexibility index (Phi) is 2.84. The maximum Gasteiger partial charge on any atom is 0.179 e. The van der Waals surface area contributed by atoms with Gasteiger partial charge in [0.25, 0.3) is 0 Å². The lowest BCUT2D eigenvalue weighted by atomic mass is 10.0. The molecular weight excluding hydrogens is 153 g/mol. The molecule has 1 aliphatic heterocycles. The number of hydrogen-bond donors (Lipinski definition) is 0. The van der Waals surface area contributed by atoms with Crippen molar-refractivity contribution in [1.29, 1.82) is 0 Å². The minimum atomic E-state index is -0.943. The van der Waals surface area contributed by atoms with Gasteiger partial charge >= 0.3 is 0 Å². The molecule has 0 fully saturated rings. The summed E-state index contributed by atoms with van der Waals surface area (Å²) in [5, 5.41) is 0. The number of halogens is 1. The van der Waals surface area contributed by atoms with Crippen molar-refractivity contribution in [2.45, 2.75) is 12.3 Å². The van der Waals surface area contributed by atoms with E-state index < -0.39 is 18.1 Å². The molecule has 0 amide bonds. The van der Waals surface area contributed by atoms with E-state index in [1.165, 1.54) is 6.08 Å². The van der Waals surface area contributed by atoms with E-state index in [2.05, 4.69) is 9.24 Å². The van der Waals surface area contributed by atoms with Gasteiger partial charge in [-0.2, -0.15) is 0 Å². The van der Waals surface area contributed by atoms with E-state index in [9.17, 15) is 4.39 Å². The molecule has 0 aromatic rings. The molecule has 1 aliphatic rings. The molecule has 0 N–H and O–H groups in total. The van der Waals surface area contributed by atoms with Crippen molar-refractivity contribution >= 4 is 17.1 Å². The van der Waals surface area contributed by atoms with E-state index in [0.29, 0.717) is 6.35 Å². The van der Waals surface area contributed by atoms with Crippen LogP contribution in [0.4, 0.5) is 4.39 Å². The average molecular weight is 160 g/mol. The quantitative estimate of drug-likeness (QED) is 0.433. The van der Waals surface area contributed by atoms with Gasteiger partial charge in [0.2, 0.25) is 0 Å². The normalized spacial score (nSPS) is 32.4. The maximum absolute atomic E-state index is 12.4.